The summed E-state index contributed by atoms with van der Waals surface area (Å²) < 4.78 is 1.59. The van der Waals surface area contributed by atoms with Crippen molar-refractivity contribution in [2.45, 2.75) is 25.9 Å². The van der Waals surface area contributed by atoms with E-state index in [2.05, 4.69) is 23.5 Å². The molecule has 3 rings (SSSR count). The highest BCUT2D eigenvalue weighted by Gasteiger charge is 2.28. The van der Waals surface area contributed by atoms with Crippen molar-refractivity contribution in [3.63, 3.8) is 0 Å². The summed E-state index contributed by atoms with van der Waals surface area (Å²) in [6.07, 6.45) is 2.68. The third kappa shape index (κ3) is 2.23. The van der Waals surface area contributed by atoms with E-state index in [4.69, 9.17) is 5.73 Å². The molecule has 0 spiro atoms. The van der Waals surface area contributed by atoms with Crippen LogP contribution in [0.15, 0.2) is 23.7 Å². The van der Waals surface area contributed by atoms with Crippen molar-refractivity contribution in [1.29, 1.82) is 0 Å². The van der Waals surface area contributed by atoms with Gasteiger partial charge in [-0.15, -0.1) is 11.3 Å². The molecule has 0 bridgehead atoms. The zero-order valence-electron chi connectivity index (χ0n) is 10.7. The third-order valence-electron chi connectivity index (χ3n) is 3.56. The van der Waals surface area contributed by atoms with Gasteiger partial charge in [-0.1, -0.05) is 0 Å². The molecular formula is C13H16N4OS. The summed E-state index contributed by atoms with van der Waals surface area (Å²) in [5.74, 6) is 0.534. The Morgan fingerprint density at radius 3 is 3.16 bits per heavy atom. The number of nitrogens with two attached hydrogens (primary N) is 1. The summed E-state index contributed by atoms with van der Waals surface area (Å²) in [5, 5.41) is 6.15. The van der Waals surface area contributed by atoms with E-state index in [0.29, 0.717) is 5.82 Å². The van der Waals surface area contributed by atoms with Gasteiger partial charge in [-0.3, -0.25) is 9.48 Å². The average Bonchev–Trinajstić information content (AvgIpc) is 2.99. The number of hydrogen-bond donors (Lipinski definition) is 1. The number of thiophene rings is 1. The fourth-order valence-corrected chi connectivity index (χ4v) is 3.51. The fraction of sp³-hybridized carbons (Fsp3) is 0.385. The number of fused-ring (bicyclic) bond motifs is 1. The van der Waals surface area contributed by atoms with Gasteiger partial charge in [0.2, 0.25) is 5.91 Å². The van der Waals surface area contributed by atoms with Crippen LogP contribution in [0.3, 0.4) is 0 Å². The molecule has 2 aromatic heterocycles. The maximum absolute atomic E-state index is 12.3. The molecule has 0 saturated carbocycles. The summed E-state index contributed by atoms with van der Waals surface area (Å²) in [5.41, 5.74) is 6.84. The highest BCUT2D eigenvalue weighted by molar-refractivity contribution is 7.10. The maximum atomic E-state index is 12.3. The van der Waals surface area contributed by atoms with Crippen molar-refractivity contribution in [2.24, 2.45) is 0 Å². The average molecular weight is 276 g/mol. The Balaban J connectivity index is 1.74. The molecule has 2 aromatic rings. The first kappa shape index (κ1) is 12.2. The minimum atomic E-state index is 0.0902. The van der Waals surface area contributed by atoms with Gasteiger partial charge in [0.25, 0.3) is 0 Å². The van der Waals surface area contributed by atoms with Crippen molar-refractivity contribution in [1.82, 2.24) is 14.7 Å². The molecule has 2 N–H and O–H groups in total. The number of carbonyl (C=O) groups is 1. The van der Waals surface area contributed by atoms with E-state index in [1.165, 1.54) is 10.4 Å². The van der Waals surface area contributed by atoms with Gasteiger partial charge in [0.1, 0.15) is 12.4 Å². The molecule has 0 fully saturated rings. The minimum absolute atomic E-state index is 0.0902. The fourth-order valence-electron chi connectivity index (χ4n) is 2.55. The van der Waals surface area contributed by atoms with Gasteiger partial charge >= 0.3 is 0 Å². The predicted octanol–water partition coefficient (Wildman–Crippen LogP) is 1.67. The summed E-state index contributed by atoms with van der Waals surface area (Å²) >= 11 is 1.78. The molecule has 3 heterocycles. The zero-order valence-corrected chi connectivity index (χ0v) is 11.6. The van der Waals surface area contributed by atoms with E-state index < -0.39 is 0 Å². The second kappa shape index (κ2) is 4.70. The number of aromatic nitrogens is 2. The smallest absolute Gasteiger partial charge is 0.244 e. The lowest BCUT2D eigenvalue weighted by atomic mass is 10.0. The van der Waals surface area contributed by atoms with Gasteiger partial charge in [0, 0.05) is 17.6 Å². The molecule has 1 aliphatic rings. The van der Waals surface area contributed by atoms with Crippen molar-refractivity contribution >= 4 is 23.1 Å². The molecule has 0 radical (unpaired) electrons. The number of amides is 1. The number of carbonyl (C=O) groups excluding carboxylic acids is 1. The van der Waals surface area contributed by atoms with Gasteiger partial charge in [0.15, 0.2) is 0 Å². The van der Waals surface area contributed by atoms with Crippen LogP contribution >= 0.6 is 11.3 Å². The molecule has 0 aliphatic carbocycles. The number of nitrogens with zero attached hydrogens (tertiary/aromatic N) is 3. The molecule has 0 saturated heterocycles. The molecule has 19 heavy (non-hydrogen) atoms. The first-order chi connectivity index (χ1) is 9.15. The molecule has 6 heteroatoms. The Morgan fingerprint density at radius 1 is 1.58 bits per heavy atom. The van der Waals surface area contributed by atoms with Crippen LogP contribution in [0.2, 0.25) is 0 Å². The summed E-state index contributed by atoms with van der Waals surface area (Å²) in [7, 11) is 0. The lowest BCUT2D eigenvalue weighted by Crippen LogP contribution is -2.40. The summed E-state index contributed by atoms with van der Waals surface area (Å²) in [6.45, 7) is 3.12. The molecular weight excluding hydrogens is 260 g/mol. The highest BCUT2D eigenvalue weighted by Crippen LogP contribution is 2.32. The molecule has 1 unspecified atom stereocenters. The van der Waals surface area contributed by atoms with Crippen molar-refractivity contribution in [3.8, 4) is 0 Å². The maximum Gasteiger partial charge on any atom is 0.244 e. The van der Waals surface area contributed by atoms with Crippen molar-refractivity contribution in [3.05, 3.63) is 34.2 Å². The molecule has 0 aromatic carbocycles. The van der Waals surface area contributed by atoms with Crippen LogP contribution in [0.1, 0.15) is 23.4 Å². The van der Waals surface area contributed by atoms with Crippen molar-refractivity contribution < 1.29 is 4.79 Å². The van der Waals surface area contributed by atoms with Gasteiger partial charge < -0.3 is 10.6 Å². The minimum Gasteiger partial charge on any atom is -0.382 e. The monoisotopic (exact) mass is 276 g/mol. The Bertz CT molecular complexity index is 603. The lowest BCUT2D eigenvalue weighted by molar-refractivity contribution is -0.134. The first-order valence-electron chi connectivity index (χ1n) is 6.30. The zero-order chi connectivity index (χ0) is 13.4. The summed E-state index contributed by atoms with van der Waals surface area (Å²) in [4.78, 5) is 15.7. The standard InChI is InChI=1S/C13H16N4OS/c1-9-10-4-7-19-11(10)2-6-17(9)13(18)8-16-5-3-12(14)15-16/h3-5,7,9H,2,6,8H2,1H3,(H2,14,15). The van der Waals surface area contributed by atoms with E-state index in [1.54, 1.807) is 28.3 Å². The Morgan fingerprint density at radius 2 is 2.42 bits per heavy atom. The van der Waals surface area contributed by atoms with E-state index in [1.807, 2.05) is 4.90 Å². The van der Waals surface area contributed by atoms with Gasteiger partial charge in [-0.05, 0) is 36.4 Å². The molecule has 1 amide bonds. The molecule has 1 atom stereocenters. The van der Waals surface area contributed by atoms with Gasteiger partial charge in [0.05, 0.1) is 6.04 Å². The second-order valence-electron chi connectivity index (χ2n) is 4.75. The van der Waals surface area contributed by atoms with Crippen LogP contribution in [-0.4, -0.2) is 27.1 Å². The van der Waals surface area contributed by atoms with Crippen LogP contribution in [0, 0.1) is 0 Å². The van der Waals surface area contributed by atoms with Crippen LogP contribution in [0.4, 0.5) is 5.82 Å². The SMILES string of the molecule is CC1c2ccsc2CCN1C(=O)Cn1ccc(N)n1. The van der Waals surface area contributed by atoms with E-state index >= 15 is 0 Å². The van der Waals surface area contributed by atoms with Crippen LogP contribution < -0.4 is 5.73 Å². The first-order valence-corrected chi connectivity index (χ1v) is 7.18. The second-order valence-corrected chi connectivity index (χ2v) is 5.75. The van der Waals surface area contributed by atoms with Crippen molar-refractivity contribution in [2.75, 3.05) is 12.3 Å². The van der Waals surface area contributed by atoms with Crippen LogP contribution in [-0.2, 0) is 17.8 Å². The van der Waals surface area contributed by atoms with E-state index in [0.717, 1.165) is 13.0 Å². The van der Waals surface area contributed by atoms with Gasteiger partial charge in [-0.2, -0.15) is 5.10 Å². The Kier molecular flexibility index (Phi) is 3.02. The third-order valence-corrected chi connectivity index (χ3v) is 4.55. The van der Waals surface area contributed by atoms with Crippen LogP contribution in [0.5, 0.6) is 0 Å². The van der Waals surface area contributed by atoms with Crippen LogP contribution in [0.25, 0.3) is 0 Å². The summed E-state index contributed by atoms with van der Waals surface area (Å²) in [6, 6.07) is 3.97. The molecule has 100 valence electrons. The van der Waals surface area contributed by atoms with Gasteiger partial charge in [-0.25, -0.2) is 0 Å². The normalized spacial score (nSPS) is 18.4. The Hall–Kier alpha value is -1.82. The Labute approximate surface area is 115 Å². The number of nitrogen functional groups attached to an aromatic ring is 1. The largest absolute Gasteiger partial charge is 0.382 e. The van der Waals surface area contributed by atoms with E-state index in [-0.39, 0.29) is 18.5 Å². The highest BCUT2D eigenvalue weighted by atomic mass is 32.1. The molecule has 1 aliphatic heterocycles. The lowest BCUT2D eigenvalue weighted by Gasteiger charge is -2.33. The predicted molar refractivity (Wildman–Crippen MR) is 74.8 cm³/mol. The number of anilines is 1. The number of hydrogen-bond acceptors (Lipinski definition) is 4. The topological polar surface area (TPSA) is 64.2 Å². The quantitative estimate of drug-likeness (QED) is 0.907. The molecule has 5 nitrogen and oxygen atoms in total. The number of rotatable bonds is 2. The van der Waals surface area contributed by atoms with E-state index in [9.17, 15) is 4.79 Å².